The molecule has 4 nitrogen and oxygen atoms in total. The first kappa shape index (κ1) is 12.8. The van der Waals surface area contributed by atoms with Gasteiger partial charge in [-0.3, -0.25) is 0 Å². The third-order valence-electron chi connectivity index (χ3n) is 3.59. The summed E-state index contributed by atoms with van der Waals surface area (Å²) in [5.74, 6) is 1.74. The van der Waals surface area contributed by atoms with Crippen molar-refractivity contribution in [3.8, 4) is 11.5 Å². The SMILES string of the molecule is c1cc2c(cc1CCNCC1CCCO1)OCCO2. The third kappa shape index (κ3) is 3.39. The molecule has 3 rings (SSSR count). The van der Waals surface area contributed by atoms with E-state index in [9.17, 15) is 0 Å². The predicted molar refractivity (Wildman–Crippen MR) is 73.0 cm³/mol. The number of hydrogen-bond acceptors (Lipinski definition) is 4. The van der Waals surface area contributed by atoms with E-state index in [0.717, 1.165) is 37.6 Å². The first-order valence-corrected chi connectivity index (χ1v) is 7.13. The van der Waals surface area contributed by atoms with Crippen LogP contribution in [0.5, 0.6) is 11.5 Å². The van der Waals surface area contributed by atoms with Crippen molar-refractivity contribution in [3.05, 3.63) is 23.8 Å². The Kier molecular flexibility index (Phi) is 4.20. The monoisotopic (exact) mass is 263 g/mol. The molecule has 0 aliphatic carbocycles. The zero-order valence-corrected chi connectivity index (χ0v) is 11.2. The van der Waals surface area contributed by atoms with Crippen LogP contribution in [0, 0.1) is 0 Å². The minimum atomic E-state index is 0.417. The van der Waals surface area contributed by atoms with Crippen molar-refractivity contribution in [2.24, 2.45) is 0 Å². The van der Waals surface area contributed by atoms with E-state index in [1.54, 1.807) is 0 Å². The molecule has 0 bridgehead atoms. The van der Waals surface area contributed by atoms with Crippen molar-refractivity contribution in [2.75, 3.05) is 32.9 Å². The molecule has 2 aliphatic rings. The lowest BCUT2D eigenvalue weighted by Gasteiger charge is -2.19. The molecule has 1 saturated heterocycles. The summed E-state index contributed by atoms with van der Waals surface area (Å²) in [4.78, 5) is 0. The fourth-order valence-electron chi connectivity index (χ4n) is 2.54. The highest BCUT2D eigenvalue weighted by Crippen LogP contribution is 2.30. The molecule has 1 unspecified atom stereocenters. The average Bonchev–Trinajstić information content (AvgIpc) is 2.97. The topological polar surface area (TPSA) is 39.7 Å². The summed E-state index contributed by atoms with van der Waals surface area (Å²) in [5, 5.41) is 3.46. The van der Waals surface area contributed by atoms with Crippen LogP contribution in [-0.4, -0.2) is 39.0 Å². The quantitative estimate of drug-likeness (QED) is 0.822. The van der Waals surface area contributed by atoms with Crippen LogP contribution >= 0.6 is 0 Å². The van der Waals surface area contributed by atoms with E-state index >= 15 is 0 Å². The summed E-state index contributed by atoms with van der Waals surface area (Å²) in [6.45, 7) is 4.15. The van der Waals surface area contributed by atoms with Gasteiger partial charge in [0, 0.05) is 13.2 Å². The smallest absolute Gasteiger partial charge is 0.161 e. The van der Waals surface area contributed by atoms with Gasteiger partial charge in [0.05, 0.1) is 6.10 Å². The van der Waals surface area contributed by atoms with Crippen molar-refractivity contribution in [1.29, 1.82) is 0 Å². The van der Waals surface area contributed by atoms with Crippen molar-refractivity contribution < 1.29 is 14.2 Å². The molecule has 2 aliphatic heterocycles. The van der Waals surface area contributed by atoms with Gasteiger partial charge in [-0.1, -0.05) is 6.07 Å². The van der Waals surface area contributed by atoms with Gasteiger partial charge >= 0.3 is 0 Å². The van der Waals surface area contributed by atoms with E-state index in [4.69, 9.17) is 14.2 Å². The van der Waals surface area contributed by atoms with Gasteiger partial charge < -0.3 is 19.5 Å². The van der Waals surface area contributed by atoms with Crippen LogP contribution in [0.25, 0.3) is 0 Å². The highest BCUT2D eigenvalue weighted by Gasteiger charge is 2.14. The number of hydrogen-bond donors (Lipinski definition) is 1. The molecule has 0 spiro atoms. The molecule has 0 aromatic heterocycles. The van der Waals surface area contributed by atoms with E-state index in [0.29, 0.717) is 19.3 Å². The van der Waals surface area contributed by atoms with Crippen LogP contribution in [0.1, 0.15) is 18.4 Å². The molecule has 0 saturated carbocycles. The Morgan fingerprint density at radius 3 is 2.84 bits per heavy atom. The third-order valence-corrected chi connectivity index (χ3v) is 3.59. The Labute approximate surface area is 114 Å². The summed E-state index contributed by atoms with van der Waals surface area (Å²) in [6, 6.07) is 6.20. The average molecular weight is 263 g/mol. The van der Waals surface area contributed by atoms with Gasteiger partial charge in [-0.2, -0.15) is 0 Å². The van der Waals surface area contributed by atoms with Gasteiger partial charge in [0.2, 0.25) is 0 Å². The van der Waals surface area contributed by atoms with Gasteiger partial charge in [0.15, 0.2) is 11.5 Å². The Bertz CT molecular complexity index is 416. The first-order chi connectivity index (χ1) is 9.42. The fraction of sp³-hybridized carbons (Fsp3) is 0.600. The molecule has 1 fully saturated rings. The number of fused-ring (bicyclic) bond motifs is 1. The molecule has 0 radical (unpaired) electrons. The lowest BCUT2D eigenvalue weighted by Crippen LogP contribution is -2.27. The van der Waals surface area contributed by atoms with E-state index in [1.807, 2.05) is 6.07 Å². The van der Waals surface area contributed by atoms with Crippen LogP contribution in [0.2, 0.25) is 0 Å². The molecule has 1 atom stereocenters. The molecule has 19 heavy (non-hydrogen) atoms. The van der Waals surface area contributed by atoms with Crippen LogP contribution in [0.4, 0.5) is 0 Å². The van der Waals surface area contributed by atoms with Crippen LogP contribution < -0.4 is 14.8 Å². The molecule has 104 valence electrons. The van der Waals surface area contributed by atoms with Crippen molar-refractivity contribution in [3.63, 3.8) is 0 Å². The zero-order valence-electron chi connectivity index (χ0n) is 11.2. The Morgan fingerprint density at radius 2 is 2.00 bits per heavy atom. The van der Waals surface area contributed by atoms with Gasteiger partial charge in [0.25, 0.3) is 0 Å². The lowest BCUT2D eigenvalue weighted by molar-refractivity contribution is 0.110. The Morgan fingerprint density at radius 1 is 1.11 bits per heavy atom. The van der Waals surface area contributed by atoms with Gasteiger partial charge in [-0.05, 0) is 43.5 Å². The first-order valence-electron chi connectivity index (χ1n) is 7.13. The largest absolute Gasteiger partial charge is 0.486 e. The predicted octanol–water partition coefficient (Wildman–Crippen LogP) is 1.77. The maximum atomic E-state index is 5.59. The van der Waals surface area contributed by atoms with E-state index in [2.05, 4.69) is 17.4 Å². The van der Waals surface area contributed by atoms with Crippen LogP contribution in [0.3, 0.4) is 0 Å². The number of rotatable bonds is 5. The minimum absolute atomic E-state index is 0.417. The maximum absolute atomic E-state index is 5.59. The second-order valence-electron chi connectivity index (χ2n) is 5.07. The standard InChI is InChI=1S/C15H21NO3/c1-2-13(17-7-1)11-16-6-5-12-3-4-14-15(10-12)19-9-8-18-14/h3-4,10,13,16H,1-2,5-9,11H2. The molecule has 0 amide bonds. The minimum Gasteiger partial charge on any atom is -0.486 e. The maximum Gasteiger partial charge on any atom is 0.161 e. The number of ether oxygens (including phenoxy) is 3. The molecule has 2 heterocycles. The zero-order chi connectivity index (χ0) is 12.9. The fourth-order valence-corrected chi connectivity index (χ4v) is 2.54. The van der Waals surface area contributed by atoms with Crippen LogP contribution in [-0.2, 0) is 11.2 Å². The Hall–Kier alpha value is -1.26. The summed E-state index contributed by atoms with van der Waals surface area (Å²) >= 11 is 0. The van der Waals surface area contributed by atoms with Crippen LogP contribution in [0.15, 0.2) is 18.2 Å². The van der Waals surface area contributed by atoms with Gasteiger partial charge in [0.1, 0.15) is 13.2 Å². The van der Waals surface area contributed by atoms with E-state index < -0.39 is 0 Å². The molecule has 4 heteroatoms. The van der Waals surface area contributed by atoms with E-state index in [1.165, 1.54) is 18.4 Å². The van der Waals surface area contributed by atoms with Gasteiger partial charge in [-0.15, -0.1) is 0 Å². The summed E-state index contributed by atoms with van der Waals surface area (Å²) in [6.07, 6.45) is 3.81. The lowest BCUT2D eigenvalue weighted by atomic mass is 10.1. The summed E-state index contributed by atoms with van der Waals surface area (Å²) in [7, 11) is 0. The van der Waals surface area contributed by atoms with E-state index in [-0.39, 0.29) is 0 Å². The molecular formula is C15H21NO3. The summed E-state index contributed by atoms with van der Waals surface area (Å²) in [5.41, 5.74) is 1.28. The summed E-state index contributed by atoms with van der Waals surface area (Å²) < 4.78 is 16.7. The molecule has 1 aromatic carbocycles. The van der Waals surface area contributed by atoms with Crippen molar-refractivity contribution >= 4 is 0 Å². The Balaban J connectivity index is 1.44. The molecule has 1 N–H and O–H groups in total. The van der Waals surface area contributed by atoms with Gasteiger partial charge in [-0.25, -0.2) is 0 Å². The van der Waals surface area contributed by atoms with Crippen molar-refractivity contribution in [1.82, 2.24) is 5.32 Å². The highest BCUT2D eigenvalue weighted by atomic mass is 16.6. The second-order valence-corrected chi connectivity index (χ2v) is 5.07. The number of benzene rings is 1. The number of nitrogens with one attached hydrogen (secondary N) is 1. The highest BCUT2D eigenvalue weighted by molar-refractivity contribution is 5.43. The molecule has 1 aromatic rings. The normalized spacial score (nSPS) is 21.6. The van der Waals surface area contributed by atoms with Crippen molar-refractivity contribution in [2.45, 2.75) is 25.4 Å². The molecular weight excluding hydrogens is 242 g/mol. The second kappa shape index (κ2) is 6.26.